The van der Waals surface area contributed by atoms with Crippen LogP contribution in [0.2, 0.25) is 0 Å². The third-order valence-corrected chi connectivity index (χ3v) is 9.87. The van der Waals surface area contributed by atoms with Crippen molar-refractivity contribution < 1.29 is 17.6 Å². The Bertz CT molecular complexity index is 1610. The van der Waals surface area contributed by atoms with Crippen LogP contribution < -0.4 is 5.01 Å². The lowest BCUT2D eigenvalue weighted by atomic mass is 10.1. The lowest BCUT2D eigenvalue weighted by Gasteiger charge is -2.32. The molecule has 0 saturated carbocycles. The van der Waals surface area contributed by atoms with Gasteiger partial charge in [0.25, 0.3) is 5.91 Å². The van der Waals surface area contributed by atoms with Crippen molar-refractivity contribution in [3.63, 3.8) is 0 Å². The van der Waals surface area contributed by atoms with E-state index in [0.29, 0.717) is 22.8 Å². The summed E-state index contributed by atoms with van der Waals surface area (Å²) in [6.45, 7) is 2.41. The van der Waals surface area contributed by atoms with Crippen LogP contribution in [-0.4, -0.2) is 42.4 Å². The number of hydrogen-bond donors (Lipinski definition) is 0. The van der Waals surface area contributed by atoms with Gasteiger partial charge in [0.1, 0.15) is 5.82 Å². The Hall–Kier alpha value is -2.99. The summed E-state index contributed by atoms with van der Waals surface area (Å²) in [5.74, 6) is -0.849. The first-order valence-electron chi connectivity index (χ1n) is 12.0. The summed E-state index contributed by atoms with van der Waals surface area (Å²) < 4.78 is 43.0. The molecular formula is C27H24BrFN4O3S2. The number of aromatic nitrogens is 1. The molecule has 1 aliphatic rings. The monoisotopic (exact) mass is 614 g/mol. The Labute approximate surface area is 232 Å². The second-order valence-corrected chi connectivity index (χ2v) is 12.8. The predicted octanol–water partition coefficient (Wildman–Crippen LogP) is 6.44. The molecule has 0 bridgehead atoms. The van der Waals surface area contributed by atoms with E-state index < -0.39 is 15.9 Å². The fraction of sp³-hybridized carbons (Fsp3) is 0.222. The van der Waals surface area contributed by atoms with E-state index in [9.17, 15) is 17.6 Å². The molecule has 0 spiro atoms. The Morgan fingerprint density at radius 3 is 2.58 bits per heavy atom. The second-order valence-electron chi connectivity index (χ2n) is 9.01. The van der Waals surface area contributed by atoms with Crippen molar-refractivity contribution in [3.05, 3.63) is 88.1 Å². The van der Waals surface area contributed by atoms with Crippen LogP contribution in [0.1, 0.15) is 42.1 Å². The quantitative estimate of drug-likeness (QED) is 0.185. The number of halogens is 2. The molecule has 2 heterocycles. The standard InChI is InChI=1S/C27H24BrFN4O3S2/c1-18-4-2-3-15-32(18)38(35,36)23-12-7-20(8-13-23)26(34)33(30-17-19-5-10-22(29)11-6-19)27-31-24-14-9-21(28)16-25(24)37-27/h5-14,16-18H,2-4,15H2,1H3/b30-17+. The van der Waals surface area contributed by atoms with E-state index in [1.54, 1.807) is 12.1 Å². The maximum Gasteiger partial charge on any atom is 0.280 e. The van der Waals surface area contributed by atoms with Crippen molar-refractivity contribution in [2.24, 2.45) is 5.10 Å². The first-order chi connectivity index (χ1) is 18.2. The largest absolute Gasteiger partial charge is 0.280 e. The Morgan fingerprint density at radius 2 is 1.87 bits per heavy atom. The summed E-state index contributed by atoms with van der Waals surface area (Å²) in [6.07, 6.45) is 4.13. The van der Waals surface area contributed by atoms with Crippen molar-refractivity contribution >= 4 is 64.8 Å². The molecule has 1 unspecified atom stereocenters. The van der Waals surface area contributed by atoms with Gasteiger partial charge in [-0.2, -0.15) is 14.4 Å². The number of carbonyl (C=O) groups is 1. The third kappa shape index (κ3) is 5.56. The van der Waals surface area contributed by atoms with E-state index in [2.05, 4.69) is 26.0 Å². The van der Waals surface area contributed by atoms with E-state index in [4.69, 9.17) is 0 Å². The molecule has 196 valence electrons. The normalized spacial score (nSPS) is 16.8. The molecule has 1 aliphatic heterocycles. The molecule has 5 rings (SSSR count). The molecule has 0 N–H and O–H groups in total. The van der Waals surface area contributed by atoms with E-state index in [1.807, 2.05) is 25.1 Å². The molecule has 0 aliphatic carbocycles. The molecule has 1 atom stereocenters. The number of hydrazone groups is 1. The molecule has 3 aromatic carbocycles. The molecule has 1 aromatic heterocycles. The first-order valence-corrected chi connectivity index (χ1v) is 15.1. The van der Waals surface area contributed by atoms with Gasteiger partial charge in [-0.25, -0.2) is 17.8 Å². The minimum absolute atomic E-state index is 0.0644. The smallest absolute Gasteiger partial charge is 0.267 e. The minimum atomic E-state index is -3.66. The van der Waals surface area contributed by atoms with E-state index >= 15 is 0 Å². The van der Waals surface area contributed by atoms with E-state index in [-0.39, 0.29) is 22.3 Å². The van der Waals surface area contributed by atoms with Gasteiger partial charge in [-0.15, -0.1) is 0 Å². The van der Waals surface area contributed by atoms with Crippen LogP contribution in [0.5, 0.6) is 0 Å². The minimum Gasteiger partial charge on any atom is -0.267 e. The summed E-state index contributed by atoms with van der Waals surface area (Å²) in [6, 6.07) is 17.2. The molecule has 7 nitrogen and oxygen atoms in total. The highest BCUT2D eigenvalue weighted by atomic mass is 79.9. The maximum atomic E-state index is 13.6. The summed E-state index contributed by atoms with van der Waals surface area (Å²) in [7, 11) is -3.66. The number of piperidine rings is 1. The maximum absolute atomic E-state index is 13.6. The Kier molecular flexibility index (Phi) is 7.71. The van der Waals surface area contributed by atoms with Gasteiger partial charge in [0.15, 0.2) is 0 Å². The van der Waals surface area contributed by atoms with Crippen molar-refractivity contribution in [1.82, 2.24) is 9.29 Å². The van der Waals surface area contributed by atoms with E-state index in [0.717, 1.165) is 28.4 Å². The van der Waals surface area contributed by atoms with Crippen LogP contribution in [0.15, 0.2) is 81.2 Å². The fourth-order valence-corrected chi connectivity index (χ4v) is 7.47. The van der Waals surface area contributed by atoms with Crippen LogP contribution in [0.25, 0.3) is 10.2 Å². The van der Waals surface area contributed by atoms with Crippen LogP contribution in [-0.2, 0) is 10.0 Å². The number of hydrogen-bond acceptors (Lipinski definition) is 6. The number of fused-ring (bicyclic) bond motifs is 1. The van der Waals surface area contributed by atoms with E-state index in [1.165, 1.54) is 63.3 Å². The Balaban J connectivity index is 1.48. The van der Waals surface area contributed by atoms with Gasteiger partial charge in [-0.3, -0.25) is 4.79 Å². The number of anilines is 1. The zero-order chi connectivity index (χ0) is 26.9. The van der Waals surface area contributed by atoms with Crippen molar-refractivity contribution in [1.29, 1.82) is 0 Å². The van der Waals surface area contributed by atoms with Gasteiger partial charge in [0.05, 0.1) is 21.3 Å². The van der Waals surface area contributed by atoms with Crippen LogP contribution in [0, 0.1) is 5.82 Å². The van der Waals surface area contributed by atoms with Crippen molar-refractivity contribution in [3.8, 4) is 0 Å². The predicted molar refractivity (Wildman–Crippen MR) is 152 cm³/mol. The second kappa shape index (κ2) is 11.0. The molecule has 1 amide bonds. The number of thiazole rings is 1. The van der Waals surface area contributed by atoms with Crippen LogP contribution >= 0.6 is 27.3 Å². The summed E-state index contributed by atoms with van der Waals surface area (Å²) in [4.78, 5) is 18.4. The average molecular weight is 616 g/mol. The number of amides is 1. The first kappa shape index (κ1) is 26.6. The topological polar surface area (TPSA) is 82.9 Å². The summed E-state index contributed by atoms with van der Waals surface area (Å²) in [5.41, 5.74) is 1.57. The molecule has 0 radical (unpaired) electrons. The summed E-state index contributed by atoms with van der Waals surface area (Å²) in [5, 5.41) is 5.91. The molecule has 1 saturated heterocycles. The third-order valence-electron chi connectivity index (χ3n) is 6.35. The SMILES string of the molecule is CC1CCCCN1S(=O)(=O)c1ccc(C(=O)N(/N=C/c2ccc(F)cc2)c2nc3ccc(Br)cc3s2)cc1. The van der Waals surface area contributed by atoms with Gasteiger partial charge < -0.3 is 0 Å². The van der Waals surface area contributed by atoms with Crippen molar-refractivity contribution in [2.75, 3.05) is 11.6 Å². The average Bonchev–Trinajstić information content (AvgIpc) is 3.32. The number of carbonyl (C=O) groups excluding carboxylic acids is 1. The van der Waals surface area contributed by atoms with Gasteiger partial charge >= 0.3 is 0 Å². The van der Waals surface area contributed by atoms with Gasteiger partial charge in [-0.05, 0) is 79.9 Å². The van der Waals surface area contributed by atoms with Gasteiger partial charge in [0.2, 0.25) is 15.2 Å². The van der Waals surface area contributed by atoms with Gasteiger partial charge in [0, 0.05) is 22.6 Å². The fourth-order valence-electron chi connectivity index (χ4n) is 4.29. The van der Waals surface area contributed by atoms with Crippen molar-refractivity contribution in [2.45, 2.75) is 37.1 Å². The number of benzene rings is 3. The summed E-state index contributed by atoms with van der Waals surface area (Å²) >= 11 is 4.75. The lowest BCUT2D eigenvalue weighted by molar-refractivity contribution is 0.0987. The molecule has 1 fully saturated rings. The highest BCUT2D eigenvalue weighted by molar-refractivity contribution is 9.10. The highest BCUT2D eigenvalue weighted by Crippen LogP contribution is 2.32. The number of nitrogens with zero attached hydrogens (tertiary/aromatic N) is 4. The number of sulfonamides is 1. The molecule has 4 aromatic rings. The zero-order valence-electron chi connectivity index (χ0n) is 20.4. The van der Waals surface area contributed by atoms with Gasteiger partial charge in [-0.1, -0.05) is 45.8 Å². The molecule has 38 heavy (non-hydrogen) atoms. The number of rotatable bonds is 6. The van der Waals surface area contributed by atoms with Crippen LogP contribution in [0.4, 0.5) is 9.52 Å². The Morgan fingerprint density at radius 1 is 1.13 bits per heavy atom. The molecule has 11 heteroatoms. The molecular weight excluding hydrogens is 591 g/mol. The lowest BCUT2D eigenvalue weighted by Crippen LogP contribution is -2.41. The van der Waals surface area contributed by atoms with Crippen LogP contribution in [0.3, 0.4) is 0 Å². The zero-order valence-corrected chi connectivity index (χ0v) is 23.6. The highest BCUT2D eigenvalue weighted by Gasteiger charge is 2.31.